The SMILES string of the molecule is CS[C@H](CO)[C@H](C)Nc1ncccc1F. The fourth-order valence-corrected chi connectivity index (χ4v) is 1.86. The second-order valence-electron chi connectivity index (χ2n) is 3.22. The van der Waals surface area contributed by atoms with Gasteiger partial charge in [0.05, 0.1) is 6.61 Å². The van der Waals surface area contributed by atoms with E-state index in [1.54, 1.807) is 17.8 Å². The van der Waals surface area contributed by atoms with Crippen molar-refractivity contribution in [2.24, 2.45) is 0 Å². The van der Waals surface area contributed by atoms with Gasteiger partial charge >= 0.3 is 0 Å². The number of nitrogens with one attached hydrogen (secondary N) is 1. The van der Waals surface area contributed by atoms with Crippen molar-refractivity contribution >= 4 is 17.6 Å². The Morgan fingerprint density at radius 2 is 2.40 bits per heavy atom. The summed E-state index contributed by atoms with van der Waals surface area (Å²) in [5.41, 5.74) is 0. The first-order valence-corrected chi connectivity index (χ1v) is 5.98. The van der Waals surface area contributed by atoms with Crippen LogP contribution in [0, 0.1) is 5.82 Å². The molecule has 3 nitrogen and oxygen atoms in total. The molecular formula is C10H15FN2OS. The number of pyridine rings is 1. The van der Waals surface area contributed by atoms with Gasteiger partial charge in [-0.25, -0.2) is 9.37 Å². The molecule has 0 radical (unpaired) electrons. The van der Waals surface area contributed by atoms with E-state index in [-0.39, 0.29) is 29.5 Å². The van der Waals surface area contributed by atoms with Crippen LogP contribution in [0.25, 0.3) is 0 Å². The Morgan fingerprint density at radius 3 is 2.93 bits per heavy atom. The Bertz CT molecular complexity index is 307. The molecule has 0 aliphatic rings. The van der Waals surface area contributed by atoms with E-state index in [1.807, 2.05) is 13.2 Å². The molecule has 0 saturated carbocycles. The van der Waals surface area contributed by atoms with E-state index in [2.05, 4.69) is 10.3 Å². The molecule has 2 N–H and O–H groups in total. The van der Waals surface area contributed by atoms with E-state index >= 15 is 0 Å². The Kier molecular flexibility index (Phi) is 4.84. The molecule has 15 heavy (non-hydrogen) atoms. The molecule has 0 unspecified atom stereocenters. The lowest BCUT2D eigenvalue weighted by molar-refractivity contribution is 0.288. The van der Waals surface area contributed by atoms with Crippen LogP contribution in [0.5, 0.6) is 0 Å². The molecule has 1 rings (SSSR count). The monoisotopic (exact) mass is 230 g/mol. The predicted octanol–water partition coefficient (Wildman–Crippen LogP) is 1.74. The number of aliphatic hydroxyl groups is 1. The van der Waals surface area contributed by atoms with Crippen LogP contribution in [-0.2, 0) is 0 Å². The zero-order valence-electron chi connectivity index (χ0n) is 8.77. The highest BCUT2D eigenvalue weighted by molar-refractivity contribution is 7.99. The quantitative estimate of drug-likeness (QED) is 0.809. The van der Waals surface area contributed by atoms with Gasteiger partial charge in [-0.15, -0.1) is 0 Å². The molecule has 1 aromatic rings. The molecule has 0 bridgehead atoms. The average Bonchev–Trinajstić information content (AvgIpc) is 2.23. The molecule has 0 amide bonds. The minimum atomic E-state index is -0.373. The van der Waals surface area contributed by atoms with Crippen LogP contribution in [-0.4, -0.2) is 34.2 Å². The van der Waals surface area contributed by atoms with Crippen molar-refractivity contribution in [1.82, 2.24) is 4.98 Å². The third-order valence-corrected chi connectivity index (χ3v) is 3.33. The van der Waals surface area contributed by atoms with Crippen molar-refractivity contribution in [3.8, 4) is 0 Å². The van der Waals surface area contributed by atoms with Crippen LogP contribution in [0.2, 0.25) is 0 Å². The lowest BCUT2D eigenvalue weighted by Gasteiger charge is -2.21. The molecule has 5 heteroatoms. The zero-order valence-corrected chi connectivity index (χ0v) is 9.59. The van der Waals surface area contributed by atoms with Gasteiger partial charge in [-0.3, -0.25) is 0 Å². The van der Waals surface area contributed by atoms with Crippen LogP contribution >= 0.6 is 11.8 Å². The van der Waals surface area contributed by atoms with E-state index in [0.717, 1.165) is 0 Å². The van der Waals surface area contributed by atoms with E-state index < -0.39 is 0 Å². The number of anilines is 1. The summed E-state index contributed by atoms with van der Waals surface area (Å²) in [6.45, 7) is 1.95. The first kappa shape index (κ1) is 12.3. The summed E-state index contributed by atoms with van der Waals surface area (Å²) in [5.74, 6) is -0.139. The van der Waals surface area contributed by atoms with Crippen molar-refractivity contribution in [2.75, 3.05) is 18.2 Å². The normalized spacial score (nSPS) is 14.7. The second-order valence-corrected chi connectivity index (χ2v) is 4.30. The molecule has 0 saturated heterocycles. The fraction of sp³-hybridized carbons (Fsp3) is 0.500. The van der Waals surface area contributed by atoms with Crippen LogP contribution in [0.1, 0.15) is 6.92 Å². The summed E-state index contributed by atoms with van der Waals surface area (Å²) in [5, 5.41) is 12.0. The summed E-state index contributed by atoms with van der Waals surface area (Å²) in [7, 11) is 0. The second kappa shape index (κ2) is 5.92. The largest absolute Gasteiger partial charge is 0.395 e. The number of nitrogens with zero attached hydrogens (tertiary/aromatic N) is 1. The van der Waals surface area contributed by atoms with Crippen LogP contribution < -0.4 is 5.32 Å². The van der Waals surface area contributed by atoms with Gasteiger partial charge in [-0.1, -0.05) is 0 Å². The number of aromatic nitrogens is 1. The van der Waals surface area contributed by atoms with Gasteiger partial charge in [-0.2, -0.15) is 11.8 Å². The molecule has 1 aromatic heterocycles. The van der Waals surface area contributed by atoms with E-state index in [0.29, 0.717) is 0 Å². The van der Waals surface area contributed by atoms with Gasteiger partial charge in [0, 0.05) is 17.5 Å². The van der Waals surface area contributed by atoms with Crippen molar-refractivity contribution in [3.63, 3.8) is 0 Å². The summed E-state index contributed by atoms with van der Waals surface area (Å²) in [6, 6.07) is 2.87. The number of halogens is 1. The third-order valence-electron chi connectivity index (χ3n) is 2.16. The van der Waals surface area contributed by atoms with Gasteiger partial charge in [-0.05, 0) is 25.3 Å². The summed E-state index contributed by atoms with van der Waals surface area (Å²) in [4.78, 5) is 3.89. The maximum atomic E-state index is 13.2. The standard InChI is InChI=1S/C10H15FN2OS/c1-7(9(6-14)15-2)13-10-8(11)4-3-5-12-10/h3-5,7,9,14H,6H2,1-2H3,(H,12,13)/t7-,9+/m0/s1. The fourth-order valence-electron chi connectivity index (χ4n) is 1.24. The third kappa shape index (κ3) is 3.35. The van der Waals surface area contributed by atoms with E-state index in [1.165, 1.54) is 12.3 Å². The molecule has 0 fully saturated rings. The van der Waals surface area contributed by atoms with Gasteiger partial charge in [0.15, 0.2) is 11.6 Å². The lowest BCUT2D eigenvalue weighted by Crippen LogP contribution is -2.31. The van der Waals surface area contributed by atoms with Gasteiger partial charge in [0.25, 0.3) is 0 Å². The average molecular weight is 230 g/mol. The zero-order chi connectivity index (χ0) is 11.3. The van der Waals surface area contributed by atoms with Crippen molar-refractivity contribution in [1.29, 1.82) is 0 Å². The number of aliphatic hydroxyl groups excluding tert-OH is 1. The minimum absolute atomic E-state index is 0.0330. The summed E-state index contributed by atoms with van der Waals surface area (Å²) < 4.78 is 13.2. The first-order valence-electron chi connectivity index (χ1n) is 4.69. The number of hydrogen-bond donors (Lipinski definition) is 2. The number of rotatable bonds is 5. The van der Waals surface area contributed by atoms with Crippen LogP contribution in [0.4, 0.5) is 10.2 Å². The molecule has 1 heterocycles. The van der Waals surface area contributed by atoms with Crippen LogP contribution in [0.3, 0.4) is 0 Å². The molecule has 2 atom stereocenters. The van der Waals surface area contributed by atoms with E-state index in [9.17, 15) is 4.39 Å². The minimum Gasteiger partial charge on any atom is -0.395 e. The Morgan fingerprint density at radius 1 is 1.67 bits per heavy atom. The molecule has 0 aromatic carbocycles. The maximum Gasteiger partial charge on any atom is 0.165 e. The van der Waals surface area contributed by atoms with Gasteiger partial charge in [0.2, 0.25) is 0 Å². The molecular weight excluding hydrogens is 215 g/mol. The lowest BCUT2D eigenvalue weighted by atomic mass is 10.2. The van der Waals surface area contributed by atoms with Crippen LogP contribution in [0.15, 0.2) is 18.3 Å². The van der Waals surface area contributed by atoms with E-state index in [4.69, 9.17) is 5.11 Å². The summed E-state index contributed by atoms with van der Waals surface area (Å²) >= 11 is 1.54. The van der Waals surface area contributed by atoms with Crippen molar-refractivity contribution in [3.05, 3.63) is 24.1 Å². The molecule has 0 aliphatic carbocycles. The highest BCUT2D eigenvalue weighted by atomic mass is 32.2. The highest BCUT2D eigenvalue weighted by Crippen LogP contribution is 2.16. The Labute approximate surface area is 93.1 Å². The molecule has 0 aliphatic heterocycles. The molecule has 0 spiro atoms. The predicted molar refractivity (Wildman–Crippen MR) is 61.7 cm³/mol. The smallest absolute Gasteiger partial charge is 0.165 e. The number of hydrogen-bond acceptors (Lipinski definition) is 4. The van der Waals surface area contributed by atoms with Crippen molar-refractivity contribution in [2.45, 2.75) is 18.2 Å². The van der Waals surface area contributed by atoms with Gasteiger partial charge < -0.3 is 10.4 Å². The first-order chi connectivity index (χ1) is 7.19. The summed E-state index contributed by atoms with van der Waals surface area (Å²) in [6.07, 6.45) is 3.44. The number of thioether (sulfide) groups is 1. The maximum absolute atomic E-state index is 13.2. The Hall–Kier alpha value is -0.810. The van der Waals surface area contributed by atoms with Gasteiger partial charge in [0.1, 0.15) is 0 Å². The molecule has 84 valence electrons. The van der Waals surface area contributed by atoms with Crippen molar-refractivity contribution < 1.29 is 9.50 Å². The Balaban J connectivity index is 2.65. The topological polar surface area (TPSA) is 45.1 Å². The highest BCUT2D eigenvalue weighted by Gasteiger charge is 2.16.